The summed E-state index contributed by atoms with van der Waals surface area (Å²) in [4.78, 5) is 10.9. The molecular weight excluding hydrogens is 216 g/mol. The summed E-state index contributed by atoms with van der Waals surface area (Å²) in [7, 11) is 0. The molecule has 17 heavy (non-hydrogen) atoms. The van der Waals surface area contributed by atoms with Crippen molar-refractivity contribution in [2.75, 3.05) is 43.1 Å². The molecule has 1 aliphatic heterocycles. The highest BCUT2D eigenvalue weighted by molar-refractivity contribution is 5.58. The summed E-state index contributed by atoms with van der Waals surface area (Å²) in [5.74, 6) is 1.98. The van der Waals surface area contributed by atoms with Gasteiger partial charge in [0.1, 0.15) is 18.0 Å². The molecule has 1 fully saturated rings. The van der Waals surface area contributed by atoms with Gasteiger partial charge in [-0.15, -0.1) is 0 Å². The van der Waals surface area contributed by atoms with Crippen LogP contribution >= 0.6 is 0 Å². The minimum absolute atomic E-state index is 0.779. The molecule has 5 heteroatoms. The Morgan fingerprint density at radius 2 is 2.12 bits per heavy atom. The fourth-order valence-corrected chi connectivity index (χ4v) is 1.96. The van der Waals surface area contributed by atoms with E-state index >= 15 is 0 Å². The highest BCUT2D eigenvalue weighted by Crippen LogP contribution is 2.22. The van der Waals surface area contributed by atoms with Gasteiger partial charge >= 0.3 is 0 Å². The van der Waals surface area contributed by atoms with Gasteiger partial charge in [0.15, 0.2) is 0 Å². The lowest BCUT2D eigenvalue weighted by molar-refractivity contribution is 0.122. The summed E-state index contributed by atoms with van der Waals surface area (Å²) in [6.07, 6.45) is 2.73. The van der Waals surface area contributed by atoms with Gasteiger partial charge in [0.2, 0.25) is 0 Å². The summed E-state index contributed by atoms with van der Waals surface area (Å²) in [6, 6.07) is 0. The van der Waals surface area contributed by atoms with Crippen molar-refractivity contribution < 1.29 is 4.74 Å². The predicted molar refractivity (Wildman–Crippen MR) is 68.6 cm³/mol. The molecule has 5 nitrogen and oxygen atoms in total. The molecule has 1 aromatic rings. The third-order valence-corrected chi connectivity index (χ3v) is 2.91. The first-order valence-corrected chi connectivity index (χ1v) is 6.21. The normalized spacial score (nSPS) is 16.0. The van der Waals surface area contributed by atoms with Gasteiger partial charge in [-0.1, -0.05) is 6.92 Å². The zero-order chi connectivity index (χ0) is 12.1. The average molecular weight is 236 g/mol. The number of hydrogen-bond acceptors (Lipinski definition) is 5. The fourth-order valence-electron chi connectivity index (χ4n) is 1.96. The summed E-state index contributed by atoms with van der Waals surface area (Å²) in [5.41, 5.74) is 1.13. The largest absolute Gasteiger partial charge is 0.378 e. The van der Waals surface area contributed by atoms with E-state index in [0.29, 0.717) is 0 Å². The first-order valence-electron chi connectivity index (χ1n) is 6.21. The summed E-state index contributed by atoms with van der Waals surface area (Å²) in [6.45, 7) is 8.54. The second-order valence-electron chi connectivity index (χ2n) is 4.20. The van der Waals surface area contributed by atoms with E-state index in [-0.39, 0.29) is 0 Å². The molecule has 0 bridgehead atoms. The Kier molecular flexibility index (Phi) is 4.14. The molecule has 2 rings (SSSR count). The van der Waals surface area contributed by atoms with Gasteiger partial charge in [0.25, 0.3) is 0 Å². The molecule has 1 N–H and O–H groups in total. The van der Waals surface area contributed by atoms with Gasteiger partial charge in [0, 0.05) is 25.2 Å². The molecule has 1 saturated heterocycles. The van der Waals surface area contributed by atoms with Crippen LogP contribution in [-0.4, -0.2) is 42.8 Å². The Labute approximate surface area is 102 Å². The summed E-state index contributed by atoms with van der Waals surface area (Å²) >= 11 is 0. The van der Waals surface area contributed by atoms with Crippen LogP contribution in [0.3, 0.4) is 0 Å². The number of anilines is 2. The molecule has 0 saturated carbocycles. The van der Waals surface area contributed by atoms with Gasteiger partial charge in [-0.2, -0.15) is 0 Å². The maximum absolute atomic E-state index is 5.36. The third-order valence-electron chi connectivity index (χ3n) is 2.91. The van der Waals surface area contributed by atoms with Crippen molar-refractivity contribution in [1.82, 2.24) is 9.97 Å². The van der Waals surface area contributed by atoms with E-state index in [0.717, 1.165) is 56.5 Å². The van der Waals surface area contributed by atoms with E-state index in [9.17, 15) is 0 Å². The van der Waals surface area contributed by atoms with E-state index in [1.807, 2.05) is 0 Å². The van der Waals surface area contributed by atoms with E-state index in [1.54, 1.807) is 6.33 Å². The Bertz CT molecular complexity index is 364. The second-order valence-corrected chi connectivity index (χ2v) is 4.20. The van der Waals surface area contributed by atoms with E-state index in [2.05, 4.69) is 34.0 Å². The Hall–Kier alpha value is -1.36. The minimum Gasteiger partial charge on any atom is -0.378 e. The highest BCUT2D eigenvalue weighted by Gasteiger charge is 2.16. The van der Waals surface area contributed by atoms with Crippen molar-refractivity contribution in [3.63, 3.8) is 0 Å². The number of rotatable bonds is 4. The van der Waals surface area contributed by atoms with Crippen molar-refractivity contribution in [2.24, 2.45) is 0 Å². The number of nitrogens with zero attached hydrogens (tertiary/aromatic N) is 3. The summed E-state index contributed by atoms with van der Waals surface area (Å²) in [5, 5.41) is 3.33. The SMILES string of the molecule is CCCNc1ncnc(N2CCOCC2)c1C. The maximum Gasteiger partial charge on any atom is 0.137 e. The second kappa shape index (κ2) is 5.82. The van der Waals surface area contributed by atoms with E-state index < -0.39 is 0 Å². The Morgan fingerprint density at radius 1 is 1.35 bits per heavy atom. The van der Waals surface area contributed by atoms with E-state index in [4.69, 9.17) is 4.74 Å². The predicted octanol–water partition coefficient (Wildman–Crippen LogP) is 1.44. The average Bonchev–Trinajstić information content (AvgIpc) is 2.39. The van der Waals surface area contributed by atoms with Crippen LogP contribution in [0.25, 0.3) is 0 Å². The van der Waals surface area contributed by atoms with Gasteiger partial charge in [-0.05, 0) is 13.3 Å². The minimum atomic E-state index is 0.779. The van der Waals surface area contributed by atoms with Crippen molar-refractivity contribution in [1.29, 1.82) is 0 Å². The van der Waals surface area contributed by atoms with Crippen molar-refractivity contribution in [2.45, 2.75) is 20.3 Å². The molecule has 1 aliphatic rings. The van der Waals surface area contributed by atoms with Crippen LogP contribution in [0.5, 0.6) is 0 Å². The molecule has 0 atom stereocenters. The lowest BCUT2D eigenvalue weighted by Gasteiger charge is -2.29. The number of aromatic nitrogens is 2. The van der Waals surface area contributed by atoms with Gasteiger partial charge < -0.3 is 15.0 Å². The number of ether oxygens (including phenoxy) is 1. The van der Waals surface area contributed by atoms with Gasteiger partial charge in [0.05, 0.1) is 13.2 Å². The Balaban J connectivity index is 2.15. The quantitative estimate of drug-likeness (QED) is 0.857. The van der Waals surface area contributed by atoms with E-state index in [1.165, 1.54) is 0 Å². The summed E-state index contributed by atoms with van der Waals surface area (Å²) < 4.78 is 5.36. The van der Waals surface area contributed by atoms with Crippen LogP contribution in [0.15, 0.2) is 6.33 Å². The van der Waals surface area contributed by atoms with Crippen LogP contribution in [0.1, 0.15) is 18.9 Å². The van der Waals surface area contributed by atoms with Crippen molar-refractivity contribution in [3.8, 4) is 0 Å². The van der Waals surface area contributed by atoms with Crippen LogP contribution in [0.2, 0.25) is 0 Å². The molecule has 0 aromatic carbocycles. The molecule has 0 aliphatic carbocycles. The molecular formula is C12H20N4O. The lowest BCUT2D eigenvalue weighted by Crippen LogP contribution is -2.37. The zero-order valence-electron chi connectivity index (χ0n) is 10.6. The standard InChI is InChI=1S/C12H20N4O/c1-3-4-13-11-10(2)12(15-9-14-11)16-5-7-17-8-6-16/h9H,3-8H2,1-2H3,(H,13,14,15). The molecule has 0 spiro atoms. The van der Waals surface area contributed by atoms with Crippen molar-refractivity contribution in [3.05, 3.63) is 11.9 Å². The molecule has 0 amide bonds. The lowest BCUT2D eigenvalue weighted by atomic mass is 10.2. The van der Waals surface area contributed by atoms with Crippen LogP contribution in [-0.2, 0) is 4.74 Å². The first-order chi connectivity index (χ1) is 8.33. The smallest absolute Gasteiger partial charge is 0.137 e. The zero-order valence-corrected chi connectivity index (χ0v) is 10.6. The number of hydrogen-bond donors (Lipinski definition) is 1. The van der Waals surface area contributed by atoms with Gasteiger partial charge in [-0.25, -0.2) is 9.97 Å². The van der Waals surface area contributed by atoms with Crippen LogP contribution in [0.4, 0.5) is 11.6 Å². The maximum atomic E-state index is 5.36. The van der Waals surface area contributed by atoms with Crippen molar-refractivity contribution >= 4 is 11.6 Å². The van der Waals surface area contributed by atoms with Crippen LogP contribution < -0.4 is 10.2 Å². The van der Waals surface area contributed by atoms with Gasteiger partial charge in [-0.3, -0.25) is 0 Å². The Morgan fingerprint density at radius 3 is 2.82 bits per heavy atom. The highest BCUT2D eigenvalue weighted by atomic mass is 16.5. The molecule has 0 unspecified atom stereocenters. The van der Waals surface area contributed by atoms with Crippen LogP contribution in [0, 0.1) is 6.92 Å². The first kappa shape index (κ1) is 12.1. The molecule has 0 radical (unpaired) electrons. The fraction of sp³-hybridized carbons (Fsp3) is 0.667. The molecule has 1 aromatic heterocycles. The molecule has 94 valence electrons. The topological polar surface area (TPSA) is 50.3 Å². The monoisotopic (exact) mass is 236 g/mol. The number of nitrogens with one attached hydrogen (secondary N) is 1. The third kappa shape index (κ3) is 2.85. The number of morpholine rings is 1. The molecule has 2 heterocycles.